The Balaban J connectivity index is 1.96. The average molecular weight is 267 g/mol. The van der Waals surface area contributed by atoms with Crippen molar-refractivity contribution in [1.82, 2.24) is 4.90 Å². The van der Waals surface area contributed by atoms with Crippen molar-refractivity contribution in [2.75, 3.05) is 31.1 Å². The first-order valence-electron chi connectivity index (χ1n) is 6.78. The largest absolute Gasteiger partial charge is 0.369 e. The minimum absolute atomic E-state index is 0.325. The van der Waals surface area contributed by atoms with Gasteiger partial charge in [-0.3, -0.25) is 4.90 Å². The van der Waals surface area contributed by atoms with Crippen LogP contribution in [0.5, 0.6) is 0 Å². The average Bonchev–Trinajstić information content (AvgIpc) is 2.40. The summed E-state index contributed by atoms with van der Waals surface area (Å²) in [5.74, 6) is 0. The fourth-order valence-electron chi connectivity index (χ4n) is 2.45. The summed E-state index contributed by atoms with van der Waals surface area (Å²) in [7, 11) is 0. The molecule has 100 valence electrons. The summed E-state index contributed by atoms with van der Waals surface area (Å²) < 4.78 is 0. The molecule has 2 rings (SSSR count). The van der Waals surface area contributed by atoms with Crippen molar-refractivity contribution in [3.63, 3.8) is 0 Å². The molecular weight excluding hydrogens is 244 g/mol. The Kier molecular flexibility index (Phi) is 4.18. The van der Waals surface area contributed by atoms with Gasteiger partial charge in [0.15, 0.2) is 0 Å². The second-order valence-corrected chi connectivity index (χ2v) is 6.05. The van der Waals surface area contributed by atoms with Gasteiger partial charge in [-0.25, -0.2) is 0 Å². The molecule has 0 atom stereocenters. The second-order valence-electron chi connectivity index (χ2n) is 5.62. The predicted molar refractivity (Wildman–Crippen MR) is 79.6 cm³/mol. The van der Waals surface area contributed by atoms with Crippen LogP contribution in [0.25, 0.3) is 0 Å². The van der Waals surface area contributed by atoms with Crippen molar-refractivity contribution in [3.05, 3.63) is 29.3 Å². The molecule has 1 aromatic carbocycles. The number of anilines is 1. The van der Waals surface area contributed by atoms with Gasteiger partial charge in [-0.15, -0.1) is 0 Å². The standard InChI is InChI=1S/C15H23ClN2/c1-4-15(2,3)18-11-9-17(10-12-18)14-7-5-13(16)6-8-14/h5-8H,4,9-12H2,1-3H3. The van der Waals surface area contributed by atoms with Crippen LogP contribution in [0.1, 0.15) is 27.2 Å². The molecule has 0 N–H and O–H groups in total. The fourth-order valence-corrected chi connectivity index (χ4v) is 2.57. The molecule has 0 amide bonds. The van der Waals surface area contributed by atoms with Gasteiger partial charge in [0, 0.05) is 42.4 Å². The van der Waals surface area contributed by atoms with Crippen LogP contribution in [0, 0.1) is 0 Å². The minimum atomic E-state index is 0.325. The molecule has 1 aliphatic heterocycles. The van der Waals surface area contributed by atoms with Crippen molar-refractivity contribution in [2.45, 2.75) is 32.7 Å². The van der Waals surface area contributed by atoms with Crippen LogP contribution in [-0.2, 0) is 0 Å². The highest BCUT2D eigenvalue weighted by atomic mass is 35.5. The maximum Gasteiger partial charge on any atom is 0.0407 e. The lowest BCUT2D eigenvalue weighted by Gasteiger charge is -2.44. The molecule has 0 spiro atoms. The van der Waals surface area contributed by atoms with Crippen LogP contribution < -0.4 is 4.90 Å². The lowest BCUT2D eigenvalue weighted by atomic mass is 9.98. The fraction of sp³-hybridized carbons (Fsp3) is 0.600. The summed E-state index contributed by atoms with van der Waals surface area (Å²) in [4.78, 5) is 5.04. The summed E-state index contributed by atoms with van der Waals surface area (Å²) >= 11 is 5.93. The molecule has 1 saturated heterocycles. The number of rotatable bonds is 3. The predicted octanol–water partition coefficient (Wildman–Crippen LogP) is 3.65. The zero-order valence-electron chi connectivity index (χ0n) is 11.6. The van der Waals surface area contributed by atoms with Crippen LogP contribution in [0.3, 0.4) is 0 Å². The third kappa shape index (κ3) is 2.99. The number of benzene rings is 1. The Morgan fingerprint density at radius 3 is 2.11 bits per heavy atom. The van der Waals surface area contributed by atoms with Crippen LogP contribution in [-0.4, -0.2) is 36.6 Å². The molecule has 18 heavy (non-hydrogen) atoms. The number of hydrogen-bond donors (Lipinski definition) is 0. The van der Waals surface area contributed by atoms with E-state index in [1.165, 1.54) is 12.1 Å². The second kappa shape index (κ2) is 5.50. The molecule has 1 fully saturated rings. The molecule has 1 aromatic rings. The smallest absolute Gasteiger partial charge is 0.0407 e. The number of piperazine rings is 1. The van der Waals surface area contributed by atoms with E-state index in [9.17, 15) is 0 Å². The van der Waals surface area contributed by atoms with Gasteiger partial charge in [0.2, 0.25) is 0 Å². The van der Waals surface area contributed by atoms with Crippen molar-refractivity contribution < 1.29 is 0 Å². The molecule has 0 aromatic heterocycles. The number of hydrogen-bond acceptors (Lipinski definition) is 2. The Morgan fingerprint density at radius 2 is 1.61 bits per heavy atom. The number of halogens is 1. The summed E-state index contributed by atoms with van der Waals surface area (Å²) in [6, 6.07) is 8.17. The molecule has 1 aliphatic rings. The summed E-state index contributed by atoms with van der Waals surface area (Å²) in [5, 5.41) is 0.810. The lowest BCUT2D eigenvalue weighted by Crippen LogP contribution is -2.54. The van der Waals surface area contributed by atoms with Gasteiger partial charge in [-0.05, 0) is 44.5 Å². The van der Waals surface area contributed by atoms with Crippen LogP contribution in [0.2, 0.25) is 5.02 Å². The SMILES string of the molecule is CCC(C)(C)N1CCN(c2ccc(Cl)cc2)CC1. The third-order valence-corrected chi connectivity index (χ3v) is 4.44. The third-order valence-electron chi connectivity index (χ3n) is 4.19. The van der Waals surface area contributed by atoms with Crippen LogP contribution in [0.15, 0.2) is 24.3 Å². The normalized spacial score (nSPS) is 18.1. The van der Waals surface area contributed by atoms with Gasteiger partial charge in [0.05, 0.1) is 0 Å². The first-order chi connectivity index (χ1) is 8.53. The Hall–Kier alpha value is -0.730. The first kappa shape index (κ1) is 13.7. The van der Waals surface area contributed by atoms with Crippen molar-refractivity contribution in [2.24, 2.45) is 0 Å². The zero-order valence-corrected chi connectivity index (χ0v) is 12.4. The highest BCUT2D eigenvalue weighted by Crippen LogP contribution is 2.24. The quantitative estimate of drug-likeness (QED) is 0.824. The molecule has 1 heterocycles. The van der Waals surface area contributed by atoms with E-state index in [0.717, 1.165) is 31.2 Å². The molecule has 0 bridgehead atoms. The highest BCUT2D eigenvalue weighted by molar-refractivity contribution is 6.30. The van der Waals surface area contributed by atoms with E-state index < -0.39 is 0 Å². The zero-order chi connectivity index (χ0) is 13.2. The first-order valence-corrected chi connectivity index (χ1v) is 7.16. The minimum Gasteiger partial charge on any atom is -0.369 e. The van der Waals surface area contributed by atoms with Gasteiger partial charge >= 0.3 is 0 Å². The topological polar surface area (TPSA) is 6.48 Å². The molecule has 0 radical (unpaired) electrons. The summed E-state index contributed by atoms with van der Waals surface area (Å²) in [6.45, 7) is 11.4. The van der Waals surface area contributed by atoms with Gasteiger partial charge in [0.25, 0.3) is 0 Å². The van der Waals surface area contributed by atoms with Crippen molar-refractivity contribution >= 4 is 17.3 Å². The van der Waals surface area contributed by atoms with E-state index >= 15 is 0 Å². The van der Waals surface area contributed by atoms with Crippen molar-refractivity contribution in [3.8, 4) is 0 Å². The number of nitrogens with zero attached hydrogens (tertiary/aromatic N) is 2. The Morgan fingerprint density at radius 1 is 1.06 bits per heavy atom. The summed E-state index contributed by atoms with van der Waals surface area (Å²) in [6.07, 6.45) is 1.20. The van der Waals surface area contributed by atoms with Gasteiger partial charge < -0.3 is 4.90 Å². The van der Waals surface area contributed by atoms with E-state index in [2.05, 4.69) is 42.7 Å². The van der Waals surface area contributed by atoms with Crippen LogP contribution >= 0.6 is 11.6 Å². The lowest BCUT2D eigenvalue weighted by molar-refractivity contribution is 0.108. The molecule has 3 heteroatoms. The van der Waals surface area contributed by atoms with E-state index in [-0.39, 0.29) is 0 Å². The van der Waals surface area contributed by atoms with E-state index in [0.29, 0.717) is 5.54 Å². The monoisotopic (exact) mass is 266 g/mol. The maximum absolute atomic E-state index is 5.93. The van der Waals surface area contributed by atoms with Crippen molar-refractivity contribution in [1.29, 1.82) is 0 Å². The molecule has 2 nitrogen and oxygen atoms in total. The molecule has 0 aliphatic carbocycles. The molecule has 0 saturated carbocycles. The van der Waals surface area contributed by atoms with Gasteiger partial charge in [-0.2, -0.15) is 0 Å². The summed E-state index contributed by atoms with van der Waals surface area (Å²) in [5.41, 5.74) is 1.61. The van der Waals surface area contributed by atoms with E-state index in [1.54, 1.807) is 0 Å². The van der Waals surface area contributed by atoms with Gasteiger partial charge in [0.1, 0.15) is 0 Å². The highest BCUT2D eigenvalue weighted by Gasteiger charge is 2.28. The molecule has 0 unspecified atom stereocenters. The molecular formula is C15H23ClN2. The maximum atomic E-state index is 5.93. The van der Waals surface area contributed by atoms with Gasteiger partial charge in [-0.1, -0.05) is 18.5 Å². The Labute approximate surface area is 116 Å². The van der Waals surface area contributed by atoms with E-state index in [4.69, 9.17) is 11.6 Å². The van der Waals surface area contributed by atoms with Crippen LogP contribution in [0.4, 0.5) is 5.69 Å². The van der Waals surface area contributed by atoms with E-state index in [1.807, 2.05) is 12.1 Å². The Bertz CT molecular complexity index is 378.